The van der Waals surface area contributed by atoms with Crippen molar-refractivity contribution in [3.8, 4) is 0 Å². The van der Waals surface area contributed by atoms with Crippen LogP contribution < -0.4 is 10.9 Å². The minimum absolute atomic E-state index is 0.0134. The fraction of sp³-hybridized carbons (Fsp3) is 0.519. The zero-order chi connectivity index (χ0) is 23.7. The number of hydrogen-bond donors (Lipinski definition) is 2. The Bertz CT molecular complexity index is 1210. The van der Waals surface area contributed by atoms with E-state index in [1.807, 2.05) is 18.2 Å². The minimum Gasteiger partial charge on any atom is -0.353 e. The van der Waals surface area contributed by atoms with Crippen molar-refractivity contribution in [2.75, 3.05) is 13.1 Å². The third kappa shape index (κ3) is 4.96. The van der Waals surface area contributed by atoms with Crippen LogP contribution in [0, 0.1) is 5.92 Å². The van der Waals surface area contributed by atoms with Gasteiger partial charge in [0.05, 0.1) is 11.4 Å². The molecule has 1 fully saturated rings. The molecule has 0 saturated carbocycles. The van der Waals surface area contributed by atoms with Gasteiger partial charge in [0, 0.05) is 30.4 Å². The molecule has 3 heterocycles. The van der Waals surface area contributed by atoms with E-state index in [0.29, 0.717) is 12.3 Å². The molecule has 1 amide bonds. The molecule has 2 unspecified atom stereocenters. The van der Waals surface area contributed by atoms with Gasteiger partial charge in [-0.15, -0.1) is 11.3 Å². The summed E-state index contributed by atoms with van der Waals surface area (Å²) in [6.45, 7) is 6.17. The molecule has 0 radical (unpaired) electrons. The van der Waals surface area contributed by atoms with Crippen molar-refractivity contribution in [3.05, 3.63) is 62.5 Å². The molecule has 1 saturated heterocycles. The average molecular weight is 479 g/mol. The van der Waals surface area contributed by atoms with Crippen molar-refractivity contribution in [1.82, 2.24) is 20.2 Å². The van der Waals surface area contributed by atoms with Crippen molar-refractivity contribution >= 4 is 27.5 Å². The Morgan fingerprint density at radius 3 is 2.76 bits per heavy atom. The molecule has 3 aromatic rings. The number of nitrogens with one attached hydrogen (secondary N) is 2. The smallest absolute Gasteiger partial charge is 0.259 e. The highest BCUT2D eigenvalue weighted by Gasteiger charge is 2.28. The van der Waals surface area contributed by atoms with E-state index in [1.54, 1.807) is 11.3 Å². The summed E-state index contributed by atoms with van der Waals surface area (Å²) in [5.74, 6) is 1.57. The normalized spacial score (nSPS) is 20.2. The quantitative estimate of drug-likeness (QED) is 0.551. The number of H-pyrrole nitrogens is 1. The zero-order valence-electron chi connectivity index (χ0n) is 20.1. The van der Waals surface area contributed by atoms with Crippen LogP contribution in [0.15, 0.2) is 35.1 Å². The zero-order valence-corrected chi connectivity index (χ0v) is 20.9. The Balaban J connectivity index is 1.18. The third-order valence-electron chi connectivity index (χ3n) is 7.51. The molecule has 2 aliphatic rings. The lowest BCUT2D eigenvalue weighted by atomic mass is 9.89. The number of thiophene rings is 1. The largest absolute Gasteiger partial charge is 0.353 e. The fourth-order valence-electron chi connectivity index (χ4n) is 5.37. The summed E-state index contributed by atoms with van der Waals surface area (Å²) in [6, 6.07) is 10.4. The van der Waals surface area contributed by atoms with Gasteiger partial charge in [-0.05, 0) is 62.5 Å². The topological polar surface area (TPSA) is 78.1 Å². The van der Waals surface area contributed by atoms with E-state index < -0.39 is 0 Å². The van der Waals surface area contributed by atoms with E-state index in [-0.39, 0.29) is 23.6 Å². The van der Waals surface area contributed by atoms with E-state index in [1.165, 1.54) is 16.0 Å². The van der Waals surface area contributed by atoms with Gasteiger partial charge in [-0.1, -0.05) is 37.3 Å². The second-order valence-electron chi connectivity index (χ2n) is 10.0. The van der Waals surface area contributed by atoms with Crippen LogP contribution in [0.4, 0.5) is 0 Å². The molecular formula is C27H34N4O2S. The van der Waals surface area contributed by atoms with Crippen LogP contribution in [0.3, 0.4) is 0 Å². The molecule has 180 valence electrons. The first-order valence-electron chi connectivity index (χ1n) is 12.6. The molecule has 1 aromatic carbocycles. The first-order chi connectivity index (χ1) is 16.5. The van der Waals surface area contributed by atoms with Gasteiger partial charge in [-0.25, -0.2) is 4.98 Å². The van der Waals surface area contributed by atoms with Crippen LogP contribution >= 0.6 is 11.3 Å². The summed E-state index contributed by atoms with van der Waals surface area (Å²) < 4.78 is 0. The number of aromatic amines is 1. The summed E-state index contributed by atoms with van der Waals surface area (Å²) in [7, 11) is 0. The second kappa shape index (κ2) is 10.0. The van der Waals surface area contributed by atoms with Crippen LogP contribution in [0.25, 0.3) is 10.2 Å². The number of likely N-dealkylation sites (tertiary alicyclic amines) is 1. The lowest BCUT2D eigenvalue weighted by Gasteiger charge is -2.35. The van der Waals surface area contributed by atoms with Gasteiger partial charge >= 0.3 is 0 Å². The Labute approximate surface area is 204 Å². The van der Waals surface area contributed by atoms with E-state index in [2.05, 4.69) is 41.2 Å². The van der Waals surface area contributed by atoms with Gasteiger partial charge in [0.15, 0.2) is 0 Å². The monoisotopic (exact) mass is 478 g/mol. The second-order valence-corrected chi connectivity index (χ2v) is 11.1. The minimum atomic E-state index is 0.0134. The fourth-order valence-corrected chi connectivity index (χ4v) is 6.76. The number of nitrogens with zero attached hydrogens (tertiary/aromatic N) is 2. The first kappa shape index (κ1) is 23.2. The average Bonchev–Trinajstić information content (AvgIpc) is 3.21. The molecule has 2 aromatic heterocycles. The number of fused-ring (bicyclic) bond motifs is 3. The van der Waals surface area contributed by atoms with Gasteiger partial charge in [-0.2, -0.15) is 0 Å². The number of piperidine rings is 1. The van der Waals surface area contributed by atoms with Gasteiger partial charge in [0.2, 0.25) is 5.91 Å². The SMILES string of the molecule is CC1CCc2c(sc3nc(C(C)N4CCC(NC(=O)CCc5ccccc5)CC4)[nH]c(=O)c23)C1. The molecule has 6 nitrogen and oxygen atoms in total. The lowest BCUT2D eigenvalue weighted by molar-refractivity contribution is -0.122. The predicted octanol–water partition coefficient (Wildman–Crippen LogP) is 4.38. The highest BCUT2D eigenvalue weighted by atomic mass is 32.1. The number of benzene rings is 1. The number of amides is 1. The van der Waals surface area contributed by atoms with Crippen LogP contribution in [0.1, 0.15) is 67.4 Å². The number of carbonyl (C=O) groups is 1. The third-order valence-corrected chi connectivity index (χ3v) is 8.65. The van der Waals surface area contributed by atoms with Gasteiger partial charge < -0.3 is 10.3 Å². The molecule has 34 heavy (non-hydrogen) atoms. The Morgan fingerprint density at radius 2 is 2.00 bits per heavy atom. The standard InChI is InChI=1S/C27H34N4O2S/c1-17-8-10-21-22(16-17)34-27-24(21)26(33)29-25(30-27)18(2)31-14-12-20(13-15-31)28-23(32)11-9-19-6-4-3-5-7-19/h3-7,17-18,20H,8-16H2,1-2H3,(H,28,32)(H,29,30,33). The maximum Gasteiger partial charge on any atom is 0.259 e. The number of aromatic nitrogens is 2. The summed E-state index contributed by atoms with van der Waals surface area (Å²) in [5.41, 5.74) is 2.44. The Morgan fingerprint density at radius 1 is 1.24 bits per heavy atom. The molecule has 7 heteroatoms. The lowest BCUT2D eigenvalue weighted by Crippen LogP contribution is -2.45. The van der Waals surface area contributed by atoms with Crippen molar-refractivity contribution in [2.45, 2.75) is 70.9 Å². The molecular weight excluding hydrogens is 444 g/mol. The van der Waals surface area contributed by atoms with Crippen molar-refractivity contribution < 1.29 is 4.79 Å². The maximum atomic E-state index is 13.0. The predicted molar refractivity (Wildman–Crippen MR) is 137 cm³/mol. The molecule has 5 rings (SSSR count). The van der Waals surface area contributed by atoms with Crippen molar-refractivity contribution in [3.63, 3.8) is 0 Å². The molecule has 1 aliphatic carbocycles. The summed E-state index contributed by atoms with van der Waals surface area (Å²) in [6.07, 6.45) is 6.32. The summed E-state index contributed by atoms with van der Waals surface area (Å²) in [4.78, 5) is 38.0. The van der Waals surface area contributed by atoms with E-state index in [0.717, 1.165) is 67.7 Å². The van der Waals surface area contributed by atoms with E-state index >= 15 is 0 Å². The van der Waals surface area contributed by atoms with E-state index in [9.17, 15) is 9.59 Å². The molecule has 1 aliphatic heterocycles. The van der Waals surface area contributed by atoms with Crippen LogP contribution in [-0.2, 0) is 24.1 Å². The number of rotatable bonds is 6. The molecule has 0 bridgehead atoms. The van der Waals surface area contributed by atoms with Crippen molar-refractivity contribution in [2.24, 2.45) is 5.92 Å². The van der Waals surface area contributed by atoms with Crippen LogP contribution in [-0.4, -0.2) is 39.9 Å². The van der Waals surface area contributed by atoms with Gasteiger partial charge in [0.1, 0.15) is 10.7 Å². The van der Waals surface area contributed by atoms with Crippen molar-refractivity contribution in [1.29, 1.82) is 0 Å². The Hall–Kier alpha value is -2.51. The van der Waals surface area contributed by atoms with E-state index in [4.69, 9.17) is 4.98 Å². The van der Waals surface area contributed by atoms with Crippen LogP contribution in [0.5, 0.6) is 0 Å². The maximum absolute atomic E-state index is 13.0. The summed E-state index contributed by atoms with van der Waals surface area (Å²) >= 11 is 1.71. The number of carbonyl (C=O) groups excluding carboxylic acids is 1. The van der Waals surface area contributed by atoms with Crippen LogP contribution in [0.2, 0.25) is 0 Å². The van der Waals surface area contributed by atoms with Gasteiger partial charge in [-0.3, -0.25) is 14.5 Å². The number of hydrogen-bond acceptors (Lipinski definition) is 5. The first-order valence-corrected chi connectivity index (χ1v) is 13.4. The molecule has 2 N–H and O–H groups in total. The molecule has 2 atom stereocenters. The molecule has 0 spiro atoms. The number of aryl methyl sites for hydroxylation is 2. The highest BCUT2D eigenvalue weighted by Crippen LogP contribution is 2.36. The Kier molecular flexibility index (Phi) is 6.84. The van der Waals surface area contributed by atoms with Gasteiger partial charge in [0.25, 0.3) is 5.56 Å². The highest BCUT2D eigenvalue weighted by molar-refractivity contribution is 7.18. The summed E-state index contributed by atoms with van der Waals surface area (Å²) in [5, 5.41) is 4.03.